The first kappa shape index (κ1) is 8.24. The quantitative estimate of drug-likeness (QED) is 0.671. The van der Waals surface area contributed by atoms with Crippen LogP contribution in [0.2, 0.25) is 0 Å². The molecule has 2 aliphatic heterocycles. The van der Waals surface area contributed by atoms with Gasteiger partial charge in [-0.2, -0.15) is 0 Å². The lowest BCUT2D eigenvalue weighted by Gasteiger charge is -2.28. The Balaban J connectivity index is 2.01. The molecule has 0 aromatic heterocycles. The average Bonchev–Trinajstić information content (AvgIpc) is 2.62. The molecule has 2 aliphatic rings. The largest absolute Gasteiger partial charge is 0.485 e. The van der Waals surface area contributed by atoms with E-state index in [1.807, 2.05) is 6.07 Å². The first-order valence-electron chi connectivity index (χ1n) is 4.99. The molecule has 0 unspecified atom stereocenters. The minimum absolute atomic E-state index is 0.166. The second-order valence-corrected chi connectivity index (χ2v) is 4.01. The summed E-state index contributed by atoms with van der Waals surface area (Å²) in [7, 11) is 0. The minimum Gasteiger partial charge on any atom is -0.485 e. The van der Waals surface area contributed by atoms with Crippen LogP contribution in [0.4, 0.5) is 4.39 Å². The van der Waals surface area contributed by atoms with E-state index in [4.69, 9.17) is 4.74 Å². The maximum absolute atomic E-state index is 13.4. The van der Waals surface area contributed by atoms with E-state index < -0.39 is 0 Å². The summed E-state index contributed by atoms with van der Waals surface area (Å²) >= 11 is 0. The van der Waals surface area contributed by atoms with Gasteiger partial charge < -0.3 is 10.1 Å². The number of rotatable bonds is 0. The standard InChI is InChI=1S/C11H12FNO/c12-9-3-1-2-7-4-8-5-13-6-10(8)14-11(7)9/h1-3,8,10,13H,4-6H2/t8-,10-/m1/s1. The maximum atomic E-state index is 13.4. The zero-order valence-corrected chi connectivity index (χ0v) is 7.79. The topological polar surface area (TPSA) is 21.3 Å². The number of hydrogen-bond donors (Lipinski definition) is 1. The summed E-state index contributed by atoms with van der Waals surface area (Å²) < 4.78 is 19.0. The number of hydrogen-bond acceptors (Lipinski definition) is 2. The van der Waals surface area contributed by atoms with Crippen LogP contribution in [0.25, 0.3) is 0 Å². The Hall–Kier alpha value is -1.09. The monoisotopic (exact) mass is 193 g/mol. The molecule has 1 saturated heterocycles. The van der Waals surface area contributed by atoms with Crippen molar-refractivity contribution in [1.82, 2.24) is 5.32 Å². The fourth-order valence-electron chi connectivity index (χ4n) is 2.33. The van der Waals surface area contributed by atoms with Crippen LogP contribution in [0.3, 0.4) is 0 Å². The molecular weight excluding hydrogens is 181 g/mol. The Morgan fingerprint density at radius 2 is 2.29 bits per heavy atom. The third-order valence-corrected chi connectivity index (χ3v) is 3.08. The van der Waals surface area contributed by atoms with Gasteiger partial charge in [0, 0.05) is 19.0 Å². The van der Waals surface area contributed by atoms with E-state index in [-0.39, 0.29) is 11.9 Å². The van der Waals surface area contributed by atoms with E-state index in [0.717, 1.165) is 25.1 Å². The molecule has 14 heavy (non-hydrogen) atoms. The van der Waals surface area contributed by atoms with Crippen molar-refractivity contribution >= 4 is 0 Å². The fourth-order valence-corrected chi connectivity index (χ4v) is 2.33. The first-order valence-corrected chi connectivity index (χ1v) is 4.99. The molecule has 0 saturated carbocycles. The Labute approximate surface area is 82.1 Å². The van der Waals surface area contributed by atoms with Crippen LogP contribution in [0.15, 0.2) is 18.2 Å². The smallest absolute Gasteiger partial charge is 0.165 e. The highest BCUT2D eigenvalue weighted by Gasteiger charge is 2.34. The predicted molar refractivity (Wildman–Crippen MR) is 50.9 cm³/mol. The molecule has 0 amide bonds. The van der Waals surface area contributed by atoms with Crippen molar-refractivity contribution in [2.75, 3.05) is 13.1 Å². The summed E-state index contributed by atoms with van der Waals surface area (Å²) in [6, 6.07) is 5.16. The second kappa shape index (κ2) is 2.95. The number of para-hydroxylation sites is 1. The molecule has 2 nitrogen and oxygen atoms in total. The van der Waals surface area contributed by atoms with E-state index in [2.05, 4.69) is 5.32 Å². The van der Waals surface area contributed by atoms with E-state index in [0.29, 0.717) is 11.7 Å². The molecule has 1 aromatic rings. The Bertz CT molecular complexity index is 366. The van der Waals surface area contributed by atoms with Gasteiger partial charge in [-0.25, -0.2) is 4.39 Å². The summed E-state index contributed by atoms with van der Waals surface area (Å²) in [6.45, 7) is 1.83. The van der Waals surface area contributed by atoms with Gasteiger partial charge in [-0.1, -0.05) is 12.1 Å². The molecule has 2 atom stereocenters. The molecule has 2 heterocycles. The number of halogens is 1. The van der Waals surface area contributed by atoms with Gasteiger partial charge in [0.05, 0.1) is 0 Å². The SMILES string of the molecule is Fc1cccc2c1O[C@@H]1CNC[C@H]1C2. The number of fused-ring (bicyclic) bond motifs is 2. The molecular formula is C11H12FNO. The molecule has 3 heteroatoms. The molecule has 74 valence electrons. The molecule has 0 spiro atoms. The molecule has 3 rings (SSSR count). The molecule has 1 N–H and O–H groups in total. The van der Waals surface area contributed by atoms with E-state index in [1.54, 1.807) is 6.07 Å². The number of ether oxygens (including phenoxy) is 1. The van der Waals surface area contributed by atoms with Crippen LogP contribution in [-0.4, -0.2) is 19.2 Å². The van der Waals surface area contributed by atoms with Gasteiger partial charge in [-0.15, -0.1) is 0 Å². The van der Waals surface area contributed by atoms with Crippen LogP contribution < -0.4 is 10.1 Å². The Morgan fingerprint density at radius 1 is 1.36 bits per heavy atom. The molecule has 1 aromatic carbocycles. The van der Waals surface area contributed by atoms with Gasteiger partial charge >= 0.3 is 0 Å². The summed E-state index contributed by atoms with van der Waals surface area (Å²) in [5, 5.41) is 3.27. The molecule has 0 aliphatic carbocycles. The predicted octanol–water partition coefficient (Wildman–Crippen LogP) is 1.35. The van der Waals surface area contributed by atoms with Crippen molar-refractivity contribution in [1.29, 1.82) is 0 Å². The minimum atomic E-state index is -0.229. The zero-order chi connectivity index (χ0) is 9.54. The number of benzene rings is 1. The third kappa shape index (κ3) is 1.12. The fraction of sp³-hybridized carbons (Fsp3) is 0.455. The number of nitrogens with one attached hydrogen (secondary N) is 1. The summed E-state index contributed by atoms with van der Waals surface area (Å²) in [5.74, 6) is 0.759. The van der Waals surface area contributed by atoms with Crippen molar-refractivity contribution in [3.63, 3.8) is 0 Å². The van der Waals surface area contributed by atoms with Crippen molar-refractivity contribution in [3.05, 3.63) is 29.6 Å². The first-order chi connectivity index (χ1) is 6.84. The van der Waals surface area contributed by atoms with Gasteiger partial charge in [0.15, 0.2) is 11.6 Å². The van der Waals surface area contributed by atoms with Gasteiger partial charge in [0.2, 0.25) is 0 Å². The summed E-state index contributed by atoms with van der Waals surface area (Å²) in [6.07, 6.45) is 1.10. The maximum Gasteiger partial charge on any atom is 0.165 e. The van der Waals surface area contributed by atoms with Crippen molar-refractivity contribution in [2.45, 2.75) is 12.5 Å². The van der Waals surface area contributed by atoms with E-state index in [9.17, 15) is 4.39 Å². The molecule has 0 bridgehead atoms. The lowest BCUT2D eigenvalue weighted by molar-refractivity contribution is 0.145. The zero-order valence-electron chi connectivity index (χ0n) is 7.79. The van der Waals surface area contributed by atoms with E-state index in [1.165, 1.54) is 6.07 Å². The molecule has 1 fully saturated rings. The van der Waals surface area contributed by atoms with Gasteiger partial charge in [0.1, 0.15) is 6.10 Å². The Kier molecular flexibility index (Phi) is 1.74. The van der Waals surface area contributed by atoms with Crippen molar-refractivity contribution < 1.29 is 9.13 Å². The van der Waals surface area contributed by atoms with Crippen LogP contribution in [-0.2, 0) is 6.42 Å². The van der Waals surface area contributed by atoms with Crippen LogP contribution in [0.1, 0.15) is 5.56 Å². The van der Waals surface area contributed by atoms with Gasteiger partial charge in [-0.05, 0) is 18.1 Å². The highest BCUT2D eigenvalue weighted by molar-refractivity contribution is 5.37. The lowest BCUT2D eigenvalue weighted by Crippen LogP contribution is -2.32. The normalized spacial score (nSPS) is 29.2. The van der Waals surface area contributed by atoms with Crippen LogP contribution in [0.5, 0.6) is 5.75 Å². The van der Waals surface area contributed by atoms with E-state index >= 15 is 0 Å². The Morgan fingerprint density at radius 3 is 3.21 bits per heavy atom. The molecule has 0 radical (unpaired) electrons. The second-order valence-electron chi connectivity index (χ2n) is 4.01. The average molecular weight is 193 g/mol. The lowest BCUT2D eigenvalue weighted by atomic mass is 9.93. The van der Waals surface area contributed by atoms with Crippen LogP contribution in [0, 0.1) is 11.7 Å². The van der Waals surface area contributed by atoms with Crippen molar-refractivity contribution in [2.24, 2.45) is 5.92 Å². The summed E-state index contributed by atoms with van der Waals surface area (Å²) in [5.41, 5.74) is 1.01. The highest BCUT2D eigenvalue weighted by Crippen LogP contribution is 2.34. The highest BCUT2D eigenvalue weighted by atomic mass is 19.1. The van der Waals surface area contributed by atoms with Crippen molar-refractivity contribution in [3.8, 4) is 5.75 Å². The van der Waals surface area contributed by atoms with Gasteiger partial charge in [0.25, 0.3) is 0 Å². The third-order valence-electron chi connectivity index (χ3n) is 3.08. The summed E-state index contributed by atoms with van der Waals surface area (Å²) in [4.78, 5) is 0. The van der Waals surface area contributed by atoms with Gasteiger partial charge in [-0.3, -0.25) is 0 Å². The van der Waals surface area contributed by atoms with Crippen LogP contribution >= 0.6 is 0 Å².